The number of hydrogen-bond donors (Lipinski definition) is 0. The zero-order chi connectivity index (χ0) is 15.0. The molecule has 0 amide bonds. The largest absolute Gasteiger partial charge is 0.288 e. The molecule has 0 atom stereocenters. The maximum atomic E-state index is 12.8. The van der Waals surface area contributed by atoms with Crippen molar-refractivity contribution in [1.29, 1.82) is 0 Å². The maximum absolute atomic E-state index is 12.8. The lowest BCUT2D eigenvalue weighted by Crippen LogP contribution is -2.04. The van der Waals surface area contributed by atoms with Crippen molar-refractivity contribution in [3.05, 3.63) is 80.8 Å². The van der Waals surface area contributed by atoms with Crippen LogP contribution in [-0.4, -0.2) is 5.78 Å². The van der Waals surface area contributed by atoms with Gasteiger partial charge in [0.25, 0.3) is 0 Å². The van der Waals surface area contributed by atoms with Crippen molar-refractivity contribution in [2.45, 2.75) is 0 Å². The quantitative estimate of drug-likeness (QED) is 0.522. The van der Waals surface area contributed by atoms with Gasteiger partial charge in [-0.05, 0) is 29.7 Å². The predicted molar refractivity (Wildman–Crippen MR) is 88.9 cm³/mol. The van der Waals surface area contributed by atoms with Gasteiger partial charge in [0, 0.05) is 16.0 Å². The molecule has 0 aliphatic heterocycles. The van der Waals surface area contributed by atoms with E-state index in [-0.39, 0.29) is 5.78 Å². The van der Waals surface area contributed by atoms with Gasteiger partial charge in [0.05, 0.1) is 15.6 Å². The van der Waals surface area contributed by atoms with Crippen LogP contribution in [-0.2, 0) is 0 Å². The van der Waals surface area contributed by atoms with Crippen molar-refractivity contribution in [2.75, 3.05) is 0 Å². The average molecular weight is 336 g/mol. The van der Waals surface area contributed by atoms with Gasteiger partial charge in [0.2, 0.25) is 0 Å². The normalized spacial score (nSPS) is 10.8. The minimum Gasteiger partial charge on any atom is -0.288 e. The third-order valence-electron chi connectivity index (χ3n) is 3.31. The number of fused-ring (bicyclic) bond motifs is 1. The van der Waals surface area contributed by atoms with Crippen LogP contribution in [0, 0.1) is 0 Å². The first kappa shape index (κ1) is 14.4. The Morgan fingerprint density at radius 3 is 1.95 bits per heavy atom. The molecule has 0 radical (unpaired) electrons. The number of carbonyl (C=O) groups excluding carboxylic acids is 1. The van der Waals surface area contributed by atoms with Crippen LogP contribution < -0.4 is 0 Å². The first-order chi connectivity index (χ1) is 10.1. The second-order valence-corrected chi connectivity index (χ2v) is 5.79. The van der Waals surface area contributed by atoms with E-state index in [1.807, 2.05) is 24.3 Å². The summed E-state index contributed by atoms with van der Waals surface area (Å²) < 4.78 is 0. The minimum absolute atomic E-state index is 0.210. The summed E-state index contributed by atoms with van der Waals surface area (Å²) >= 11 is 18.4. The molecule has 0 aliphatic rings. The highest BCUT2D eigenvalue weighted by molar-refractivity contribution is 6.42. The Labute approximate surface area is 137 Å². The van der Waals surface area contributed by atoms with Crippen molar-refractivity contribution in [3.8, 4) is 0 Å². The number of rotatable bonds is 2. The van der Waals surface area contributed by atoms with E-state index in [9.17, 15) is 4.79 Å². The molecule has 104 valence electrons. The third-order valence-corrected chi connectivity index (χ3v) is 4.26. The van der Waals surface area contributed by atoms with Crippen molar-refractivity contribution < 1.29 is 4.79 Å². The standard InChI is InChI=1S/C17H9Cl3O/c18-13-9-8-12(10-4-1-2-5-11(10)13)17(21)16-14(19)6-3-7-15(16)20/h1-9H. The molecule has 1 nitrogen and oxygen atoms in total. The molecule has 0 N–H and O–H groups in total. The summed E-state index contributed by atoms with van der Waals surface area (Å²) in [5, 5.41) is 2.89. The first-order valence-corrected chi connectivity index (χ1v) is 7.39. The van der Waals surface area contributed by atoms with Gasteiger partial charge in [-0.25, -0.2) is 0 Å². The lowest BCUT2D eigenvalue weighted by molar-refractivity contribution is 0.104. The van der Waals surface area contributed by atoms with Crippen molar-refractivity contribution in [1.82, 2.24) is 0 Å². The van der Waals surface area contributed by atoms with Crippen molar-refractivity contribution >= 4 is 51.4 Å². The highest BCUT2D eigenvalue weighted by Gasteiger charge is 2.19. The number of ketones is 1. The Hall–Kier alpha value is -1.54. The lowest BCUT2D eigenvalue weighted by Gasteiger charge is -2.10. The van der Waals surface area contributed by atoms with Gasteiger partial charge in [-0.15, -0.1) is 0 Å². The average Bonchev–Trinajstić information content (AvgIpc) is 2.47. The molecule has 21 heavy (non-hydrogen) atoms. The molecule has 0 aliphatic carbocycles. The molecule has 0 spiro atoms. The molecule has 0 fully saturated rings. The fourth-order valence-corrected chi connectivity index (χ4v) is 3.11. The van der Waals surface area contributed by atoms with Gasteiger partial charge < -0.3 is 0 Å². The summed E-state index contributed by atoms with van der Waals surface area (Å²) in [5.74, 6) is -0.210. The van der Waals surface area contributed by atoms with Gasteiger partial charge in [-0.3, -0.25) is 4.79 Å². The van der Waals surface area contributed by atoms with E-state index in [1.165, 1.54) is 0 Å². The molecule has 0 saturated heterocycles. The van der Waals surface area contributed by atoms with Crippen molar-refractivity contribution in [2.24, 2.45) is 0 Å². The second kappa shape index (κ2) is 5.69. The van der Waals surface area contributed by atoms with E-state index >= 15 is 0 Å². The number of carbonyl (C=O) groups is 1. The van der Waals surface area contributed by atoms with Crippen LogP contribution in [0.4, 0.5) is 0 Å². The van der Waals surface area contributed by atoms with Gasteiger partial charge in [0.15, 0.2) is 5.78 Å². The van der Waals surface area contributed by atoms with E-state index in [0.29, 0.717) is 26.2 Å². The van der Waals surface area contributed by atoms with E-state index in [2.05, 4.69) is 0 Å². The molecule has 0 bridgehead atoms. The molecule has 4 heteroatoms. The lowest BCUT2D eigenvalue weighted by atomic mass is 9.97. The van der Waals surface area contributed by atoms with Gasteiger partial charge in [0.1, 0.15) is 0 Å². The molecular weight excluding hydrogens is 327 g/mol. The molecule has 3 rings (SSSR count). The van der Waals surface area contributed by atoms with Crippen LogP contribution >= 0.6 is 34.8 Å². The smallest absolute Gasteiger partial charge is 0.196 e. The number of halogens is 3. The highest BCUT2D eigenvalue weighted by atomic mass is 35.5. The summed E-state index contributed by atoms with van der Waals surface area (Å²) in [4.78, 5) is 12.8. The van der Waals surface area contributed by atoms with Crippen LogP contribution in [0.15, 0.2) is 54.6 Å². The van der Waals surface area contributed by atoms with Crippen LogP contribution in [0.25, 0.3) is 10.8 Å². The fraction of sp³-hybridized carbons (Fsp3) is 0. The topological polar surface area (TPSA) is 17.1 Å². The Kier molecular flexibility index (Phi) is 3.90. The second-order valence-electron chi connectivity index (χ2n) is 4.57. The molecular formula is C17H9Cl3O. The van der Waals surface area contributed by atoms with E-state index in [4.69, 9.17) is 34.8 Å². The van der Waals surface area contributed by atoms with E-state index in [1.54, 1.807) is 30.3 Å². The molecule has 0 heterocycles. The highest BCUT2D eigenvalue weighted by Crippen LogP contribution is 2.32. The van der Waals surface area contributed by atoms with Gasteiger partial charge in [-0.1, -0.05) is 65.1 Å². The Bertz CT molecular complexity index is 836. The van der Waals surface area contributed by atoms with Gasteiger partial charge in [-0.2, -0.15) is 0 Å². The van der Waals surface area contributed by atoms with E-state index in [0.717, 1.165) is 10.8 Å². The van der Waals surface area contributed by atoms with Crippen LogP contribution in [0.5, 0.6) is 0 Å². The predicted octanol–water partition coefficient (Wildman–Crippen LogP) is 6.03. The summed E-state index contributed by atoms with van der Waals surface area (Å²) in [6.45, 7) is 0. The first-order valence-electron chi connectivity index (χ1n) is 6.25. The van der Waals surface area contributed by atoms with Crippen LogP contribution in [0.3, 0.4) is 0 Å². The van der Waals surface area contributed by atoms with Crippen molar-refractivity contribution in [3.63, 3.8) is 0 Å². The SMILES string of the molecule is O=C(c1c(Cl)cccc1Cl)c1ccc(Cl)c2ccccc12. The Morgan fingerprint density at radius 1 is 0.667 bits per heavy atom. The molecule has 3 aromatic carbocycles. The zero-order valence-corrected chi connectivity index (χ0v) is 13.0. The summed E-state index contributed by atoms with van der Waals surface area (Å²) in [7, 11) is 0. The summed E-state index contributed by atoms with van der Waals surface area (Å²) in [5.41, 5.74) is 0.846. The number of benzene rings is 3. The maximum Gasteiger partial charge on any atom is 0.196 e. The van der Waals surface area contributed by atoms with Crippen LogP contribution in [0.2, 0.25) is 15.1 Å². The van der Waals surface area contributed by atoms with Crippen LogP contribution in [0.1, 0.15) is 15.9 Å². The summed E-state index contributed by atoms with van der Waals surface area (Å²) in [6.07, 6.45) is 0. The zero-order valence-electron chi connectivity index (χ0n) is 10.7. The molecule has 0 unspecified atom stereocenters. The fourth-order valence-electron chi connectivity index (χ4n) is 2.31. The third kappa shape index (κ3) is 2.53. The molecule has 3 aromatic rings. The van der Waals surface area contributed by atoms with E-state index < -0.39 is 0 Å². The monoisotopic (exact) mass is 334 g/mol. The minimum atomic E-state index is -0.210. The Balaban J connectivity index is 2.26. The Morgan fingerprint density at radius 2 is 1.29 bits per heavy atom. The van der Waals surface area contributed by atoms with Gasteiger partial charge >= 0.3 is 0 Å². The molecule has 0 aromatic heterocycles. The summed E-state index contributed by atoms with van der Waals surface area (Å²) in [6, 6.07) is 15.9. The number of hydrogen-bond acceptors (Lipinski definition) is 1. The molecule has 0 saturated carbocycles.